The van der Waals surface area contributed by atoms with Crippen LogP contribution in [0.3, 0.4) is 0 Å². The van der Waals surface area contributed by atoms with Gasteiger partial charge in [-0.3, -0.25) is 0 Å². The van der Waals surface area contributed by atoms with Crippen molar-refractivity contribution in [2.75, 3.05) is 0 Å². The van der Waals surface area contributed by atoms with Gasteiger partial charge in [-0.25, -0.2) is 0 Å². The number of hydrogen-bond acceptors (Lipinski definition) is 0. The third kappa shape index (κ3) is 5.12. The first kappa shape index (κ1) is 32.4. The molecule has 0 N–H and O–H groups in total. The van der Waals surface area contributed by atoms with E-state index in [4.69, 9.17) is 17.0 Å². The van der Waals surface area contributed by atoms with Crippen LogP contribution >= 0.6 is 17.0 Å². The molecule has 0 aromatic heterocycles. The number of fused-ring (bicyclic) bond motifs is 2. The number of rotatable bonds is 8. The Morgan fingerprint density at radius 3 is 1.95 bits per heavy atom. The van der Waals surface area contributed by atoms with E-state index in [-0.39, 0.29) is 7.25 Å². The van der Waals surface area contributed by atoms with Crippen LogP contribution in [0.25, 0.3) is 23.3 Å². The second kappa shape index (κ2) is 11.4. The quantitative estimate of drug-likeness (QED) is 0.204. The van der Waals surface area contributed by atoms with E-state index in [9.17, 15) is 0 Å². The van der Waals surface area contributed by atoms with Crippen molar-refractivity contribution in [3.05, 3.63) is 99.6 Å². The monoisotopic (exact) mass is 709 g/mol. The molecule has 0 saturated carbocycles. The second-order valence-corrected chi connectivity index (χ2v) is 62.3. The fraction of sp³-hybridized carbons (Fsp3) is 0.405. The molecule has 2 aliphatic carbocycles. The summed E-state index contributed by atoms with van der Waals surface area (Å²) in [7, 11) is 15.7. The fourth-order valence-corrected chi connectivity index (χ4v) is 41.1. The Balaban J connectivity index is 1.71. The number of allylic oxidation sites excluding steroid dienone is 2. The average Bonchev–Trinajstić information content (AvgIpc) is 3.51. The third-order valence-corrected chi connectivity index (χ3v) is 64.5. The van der Waals surface area contributed by atoms with Crippen LogP contribution < -0.4 is 5.19 Å². The first-order valence-electron chi connectivity index (χ1n) is 15.9. The van der Waals surface area contributed by atoms with E-state index in [1.165, 1.54) is 55.3 Å². The zero-order chi connectivity index (χ0) is 30.8. The SMILES string of the molecule is CCC(C)c1cccc2c1C=C(C(C)C)[CH]2[Zr]([Cl])([Cl])([CH]1C(C)=Cc2c(-c3ccc([Si](C)(C)C)cc3)cccc21)[SiH](C)C. The molecule has 0 nitrogen and oxygen atoms in total. The molecular weight excluding hydrogens is 663 g/mol. The van der Waals surface area contributed by atoms with Crippen LogP contribution in [0.15, 0.2) is 71.8 Å². The van der Waals surface area contributed by atoms with Gasteiger partial charge in [0.1, 0.15) is 0 Å². The Labute approximate surface area is 265 Å². The fourth-order valence-electron chi connectivity index (χ4n) is 7.73. The molecule has 0 radical (unpaired) electrons. The molecule has 3 atom stereocenters. The van der Waals surface area contributed by atoms with Crippen molar-refractivity contribution in [1.29, 1.82) is 0 Å². The Hall–Kier alpha value is -0.963. The van der Waals surface area contributed by atoms with Crippen molar-refractivity contribution >= 4 is 48.4 Å². The second-order valence-electron chi connectivity index (χ2n) is 14.7. The van der Waals surface area contributed by atoms with E-state index in [0.29, 0.717) is 11.8 Å². The first-order chi connectivity index (χ1) is 19.6. The molecule has 3 unspecified atom stereocenters. The van der Waals surface area contributed by atoms with Crippen molar-refractivity contribution in [1.82, 2.24) is 0 Å². The van der Waals surface area contributed by atoms with Gasteiger partial charge in [0, 0.05) is 0 Å². The molecule has 0 saturated heterocycles. The summed E-state index contributed by atoms with van der Waals surface area (Å²) in [6, 6.07) is 23.2. The molecule has 0 fully saturated rings. The van der Waals surface area contributed by atoms with Gasteiger partial charge in [-0.05, 0) is 0 Å². The molecule has 42 heavy (non-hydrogen) atoms. The zero-order valence-electron chi connectivity index (χ0n) is 27.3. The van der Waals surface area contributed by atoms with E-state index >= 15 is 0 Å². The predicted octanol–water partition coefficient (Wildman–Crippen LogP) is 11.6. The van der Waals surface area contributed by atoms with Crippen LogP contribution in [0, 0.1) is 5.92 Å². The Kier molecular flexibility index (Phi) is 8.83. The van der Waals surface area contributed by atoms with E-state index in [0.717, 1.165) is 6.42 Å². The summed E-state index contributed by atoms with van der Waals surface area (Å²) in [5.41, 5.74) is 12.4. The summed E-state index contributed by atoms with van der Waals surface area (Å²) in [6.45, 7) is 23.8. The van der Waals surface area contributed by atoms with Gasteiger partial charge in [0.05, 0.1) is 0 Å². The molecule has 0 aliphatic heterocycles. The van der Waals surface area contributed by atoms with Gasteiger partial charge in [0.2, 0.25) is 0 Å². The van der Waals surface area contributed by atoms with E-state index in [2.05, 4.69) is 140 Å². The predicted molar refractivity (Wildman–Crippen MR) is 193 cm³/mol. The van der Waals surface area contributed by atoms with Crippen LogP contribution in [0.4, 0.5) is 0 Å². The topological polar surface area (TPSA) is 0 Å². The van der Waals surface area contributed by atoms with Crippen LogP contribution in [0.5, 0.6) is 0 Å². The van der Waals surface area contributed by atoms with Gasteiger partial charge in [-0.1, -0.05) is 0 Å². The molecular formula is C37H49Cl2Si2Zr. The summed E-state index contributed by atoms with van der Waals surface area (Å²) >= 11 is -4.70. The minimum atomic E-state index is -4.70. The van der Waals surface area contributed by atoms with Gasteiger partial charge >= 0.3 is 268 Å². The molecule has 0 amide bonds. The average molecular weight is 712 g/mol. The van der Waals surface area contributed by atoms with Gasteiger partial charge in [0.25, 0.3) is 0 Å². The minimum absolute atomic E-state index is 0.128. The molecule has 3 aromatic rings. The van der Waals surface area contributed by atoms with Crippen molar-refractivity contribution in [3.63, 3.8) is 0 Å². The van der Waals surface area contributed by atoms with E-state index in [1.807, 2.05) is 0 Å². The van der Waals surface area contributed by atoms with Crippen LogP contribution in [-0.2, 0) is 15.6 Å². The summed E-state index contributed by atoms with van der Waals surface area (Å²) in [6.07, 6.45) is 6.07. The maximum atomic E-state index is 8.53. The summed E-state index contributed by atoms with van der Waals surface area (Å²) in [4.78, 5) is 0. The normalized spacial score (nSPS) is 20.2. The Bertz CT molecular complexity index is 1570. The molecule has 5 rings (SSSR count). The number of benzene rings is 3. The zero-order valence-corrected chi connectivity index (χ0v) is 33.4. The van der Waals surface area contributed by atoms with Crippen LogP contribution in [0.1, 0.15) is 82.0 Å². The summed E-state index contributed by atoms with van der Waals surface area (Å²) in [5, 5.41) is 1.49. The van der Waals surface area contributed by atoms with Crippen molar-refractivity contribution in [2.24, 2.45) is 5.92 Å². The van der Waals surface area contributed by atoms with Crippen LogP contribution in [0.2, 0.25) is 32.7 Å². The molecule has 223 valence electrons. The summed E-state index contributed by atoms with van der Waals surface area (Å²) in [5.74, 6) is -0.653. The Morgan fingerprint density at radius 2 is 1.40 bits per heavy atom. The van der Waals surface area contributed by atoms with Crippen molar-refractivity contribution in [2.45, 2.75) is 86.9 Å². The van der Waals surface area contributed by atoms with Crippen molar-refractivity contribution in [3.8, 4) is 11.1 Å². The van der Waals surface area contributed by atoms with E-state index in [1.54, 1.807) is 0 Å². The van der Waals surface area contributed by atoms with Gasteiger partial charge in [0.15, 0.2) is 0 Å². The van der Waals surface area contributed by atoms with E-state index < -0.39 is 29.6 Å². The molecule has 0 heterocycles. The van der Waals surface area contributed by atoms with Gasteiger partial charge in [-0.2, -0.15) is 0 Å². The maximum absolute atomic E-state index is 8.53. The molecule has 5 heteroatoms. The molecule has 2 aliphatic rings. The first-order valence-corrected chi connectivity index (χ1v) is 35.8. The number of halogens is 2. The van der Waals surface area contributed by atoms with Gasteiger partial charge < -0.3 is 0 Å². The standard InChI is InChI=1S/C19H21Si.C16H21.C2H7Si.2ClH.Zr/c1-14-12-16-6-5-7-18(19(16)13-14)15-8-10-17(11-9-15)20(2,3)4;1-5-12(4)15-8-6-7-13-9-14(11(2)3)10-16(13)15;1-3-2;;;/h5-13H,1-4H3;6-12H,5H2,1-4H3;3H,1-2H3;2*1H;/q;;;;;+2/p-2. The number of hydrogen-bond donors (Lipinski definition) is 0. The third-order valence-electron chi connectivity index (χ3n) is 10.5. The molecule has 3 aromatic carbocycles. The Morgan fingerprint density at radius 1 is 0.810 bits per heavy atom. The van der Waals surface area contributed by atoms with Gasteiger partial charge in [-0.15, -0.1) is 0 Å². The summed E-state index contributed by atoms with van der Waals surface area (Å²) < 4.78 is 0.280. The molecule has 0 bridgehead atoms. The van der Waals surface area contributed by atoms with Crippen molar-refractivity contribution < 1.29 is 15.6 Å². The van der Waals surface area contributed by atoms with Crippen LogP contribution in [-0.4, -0.2) is 14.0 Å². The molecule has 0 spiro atoms.